The van der Waals surface area contributed by atoms with Gasteiger partial charge in [0.25, 0.3) is 5.91 Å². The molecule has 4 nitrogen and oxygen atoms in total. The Labute approximate surface area is 136 Å². The summed E-state index contributed by atoms with van der Waals surface area (Å²) in [4.78, 5) is 28.5. The lowest BCUT2D eigenvalue weighted by molar-refractivity contribution is -0.134. The number of carbonyl (C=O) groups is 2. The Morgan fingerprint density at radius 2 is 1.78 bits per heavy atom. The molecule has 0 spiro atoms. The number of nitrogens with zero attached hydrogens (tertiary/aromatic N) is 2. The van der Waals surface area contributed by atoms with Crippen LogP contribution >= 0.6 is 0 Å². The van der Waals surface area contributed by atoms with Crippen molar-refractivity contribution in [1.82, 2.24) is 9.80 Å². The zero-order chi connectivity index (χ0) is 16.4. The molecule has 0 aromatic heterocycles. The van der Waals surface area contributed by atoms with Gasteiger partial charge in [-0.25, -0.2) is 0 Å². The van der Waals surface area contributed by atoms with Crippen LogP contribution in [0.25, 0.3) is 0 Å². The fourth-order valence-corrected chi connectivity index (χ4v) is 2.98. The first-order chi connectivity index (χ1) is 11.1. The minimum absolute atomic E-state index is 0.0463. The Kier molecular flexibility index (Phi) is 4.15. The molecule has 1 aliphatic rings. The molecule has 1 aliphatic heterocycles. The van der Waals surface area contributed by atoms with Crippen molar-refractivity contribution in [3.05, 3.63) is 71.3 Å². The molecule has 0 saturated carbocycles. The summed E-state index contributed by atoms with van der Waals surface area (Å²) in [5.74, 6) is -0.107. The van der Waals surface area contributed by atoms with Crippen LogP contribution < -0.4 is 0 Å². The van der Waals surface area contributed by atoms with Gasteiger partial charge in [0.2, 0.25) is 5.91 Å². The van der Waals surface area contributed by atoms with Crippen LogP contribution in [0, 0.1) is 0 Å². The van der Waals surface area contributed by atoms with Gasteiger partial charge in [0.1, 0.15) is 6.04 Å². The number of benzene rings is 2. The van der Waals surface area contributed by atoms with Crippen LogP contribution in [0.2, 0.25) is 0 Å². The average molecular weight is 308 g/mol. The molecule has 4 heteroatoms. The van der Waals surface area contributed by atoms with Crippen LogP contribution in [0.1, 0.15) is 28.4 Å². The minimum Gasteiger partial charge on any atom is -0.340 e. The minimum atomic E-state index is -0.469. The van der Waals surface area contributed by atoms with Crippen molar-refractivity contribution in [3.8, 4) is 0 Å². The SMILES string of the molecule is C[C@@H](C(=O)N(C)Cc1ccccc1)N1Cc2ccccc2C1=O. The van der Waals surface area contributed by atoms with E-state index in [1.54, 1.807) is 23.8 Å². The van der Waals surface area contributed by atoms with Crippen molar-refractivity contribution in [1.29, 1.82) is 0 Å². The number of hydrogen-bond acceptors (Lipinski definition) is 2. The Balaban J connectivity index is 1.70. The largest absolute Gasteiger partial charge is 0.340 e. The van der Waals surface area contributed by atoms with Gasteiger partial charge in [-0.2, -0.15) is 0 Å². The van der Waals surface area contributed by atoms with E-state index in [0.29, 0.717) is 18.7 Å². The summed E-state index contributed by atoms with van der Waals surface area (Å²) < 4.78 is 0. The van der Waals surface area contributed by atoms with E-state index in [2.05, 4.69) is 0 Å². The molecule has 2 aromatic carbocycles. The molecule has 3 rings (SSSR count). The number of likely N-dealkylation sites (N-methyl/N-ethyl adjacent to an activating group) is 1. The van der Waals surface area contributed by atoms with Gasteiger partial charge in [0, 0.05) is 25.7 Å². The summed E-state index contributed by atoms with van der Waals surface area (Å²) in [6.45, 7) is 2.84. The maximum absolute atomic E-state index is 12.7. The number of rotatable bonds is 4. The predicted octanol–water partition coefficient (Wildman–Crippen LogP) is 2.69. The molecular formula is C19H20N2O2. The first kappa shape index (κ1) is 15.3. The Morgan fingerprint density at radius 1 is 1.13 bits per heavy atom. The van der Waals surface area contributed by atoms with E-state index in [1.165, 1.54) is 0 Å². The molecule has 0 fully saturated rings. The van der Waals surface area contributed by atoms with E-state index in [-0.39, 0.29) is 11.8 Å². The third-order valence-electron chi connectivity index (χ3n) is 4.31. The molecule has 2 aromatic rings. The molecule has 0 bridgehead atoms. The maximum atomic E-state index is 12.7. The first-order valence-electron chi connectivity index (χ1n) is 7.75. The lowest BCUT2D eigenvalue weighted by Gasteiger charge is -2.28. The third-order valence-corrected chi connectivity index (χ3v) is 4.31. The second-order valence-electron chi connectivity index (χ2n) is 5.95. The summed E-state index contributed by atoms with van der Waals surface area (Å²) in [6, 6.07) is 16.9. The highest BCUT2D eigenvalue weighted by molar-refractivity contribution is 6.00. The van der Waals surface area contributed by atoms with Gasteiger partial charge in [-0.05, 0) is 24.1 Å². The van der Waals surface area contributed by atoms with Crippen LogP contribution in [0.15, 0.2) is 54.6 Å². The molecule has 23 heavy (non-hydrogen) atoms. The molecule has 2 amide bonds. The van der Waals surface area contributed by atoms with Crippen LogP contribution in [0.5, 0.6) is 0 Å². The second kappa shape index (κ2) is 6.24. The molecule has 1 heterocycles. The monoisotopic (exact) mass is 308 g/mol. The summed E-state index contributed by atoms with van der Waals surface area (Å²) in [5, 5.41) is 0. The maximum Gasteiger partial charge on any atom is 0.255 e. The Morgan fingerprint density at radius 3 is 2.48 bits per heavy atom. The van der Waals surface area contributed by atoms with Gasteiger partial charge in [-0.1, -0.05) is 48.5 Å². The summed E-state index contributed by atoms with van der Waals surface area (Å²) in [7, 11) is 1.78. The van der Waals surface area contributed by atoms with Crippen LogP contribution in [0.3, 0.4) is 0 Å². The summed E-state index contributed by atoms with van der Waals surface area (Å²) >= 11 is 0. The van der Waals surface area contributed by atoms with Crippen molar-refractivity contribution >= 4 is 11.8 Å². The summed E-state index contributed by atoms with van der Waals surface area (Å²) in [5.41, 5.74) is 2.77. The normalized spacial score (nSPS) is 14.5. The Hall–Kier alpha value is -2.62. The molecule has 118 valence electrons. The van der Waals surface area contributed by atoms with Gasteiger partial charge >= 0.3 is 0 Å². The van der Waals surface area contributed by atoms with E-state index in [4.69, 9.17) is 0 Å². The molecule has 0 aliphatic carbocycles. The van der Waals surface area contributed by atoms with Gasteiger partial charge in [-0.15, -0.1) is 0 Å². The van der Waals surface area contributed by atoms with Crippen molar-refractivity contribution in [2.24, 2.45) is 0 Å². The smallest absolute Gasteiger partial charge is 0.255 e. The quantitative estimate of drug-likeness (QED) is 0.871. The van der Waals surface area contributed by atoms with Crippen LogP contribution in [0.4, 0.5) is 0 Å². The zero-order valence-electron chi connectivity index (χ0n) is 13.4. The molecule has 0 radical (unpaired) electrons. The van der Waals surface area contributed by atoms with Gasteiger partial charge in [-0.3, -0.25) is 9.59 Å². The molecule has 0 N–H and O–H groups in total. The molecule has 0 unspecified atom stereocenters. The van der Waals surface area contributed by atoms with Gasteiger partial charge in [0.05, 0.1) is 0 Å². The van der Waals surface area contributed by atoms with E-state index < -0.39 is 6.04 Å². The van der Waals surface area contributed by atoms with Crippen molar-refractivity contribution in [2.45, 2.75) is 26.1 Å². The van der Waals surface area contributed by atoms with Crippen LogP contribution in [-0.2, 0) is 17.9 Å². The number of hydrogen-bond donors (Lipinski definition) is 0. The van der Waals surface area contributed by atoms with Crippen LogP contribution in [-0.4, -0.2) is 34.7 Å². The number of fused-ring (bicyclic) bond motifs is 1. The fraction of sp³-hybridized carbons (Fsp3) is 0.263. The number of carbonyl (C=O) groups excluding carboxylic acids is 2. The highest BCUT2D eigenvalue weighted by Crippen LogP contribution is 2.24. The molecule has 0 saturated heterocycles. The zero-order valence-corrected chi connectivity index (χ0v) is 13.4. The standard InChI is InChI=1S/C19H20N2O2/c1-14(18(22)20(2)12-15-8-4-3-5-9-15)21-13-16-10-6-7-11-17(16)19(21)23/h3-11,14H,12-13H2,1-2H3/t14-/m0/s1. The lowest BCUT2D eigenvalue weighted by atomic mass is 10.1. The molecular weight excluding hydrogens is 288 g/mol. The van der Waals surface area contributed by atoms with Gasteiger partial charge < -0.3 is 9.80 Å². The van der Waals surface area contributed by atoms with E-state index in [1.807, 2.05) is 54.6 Å². The molecule has 1 atom stereocenters. The Bertz CT molecular complexity index is 727. The first-order valence-corrected chi connectivity index (χ1v) is 7.75. The fourth-order valence-electron chi connectivity index (χ4n) is 2.98. The second-order valence-corrected chi connectivity index (χ2v) is 5.95. The highest BCUT2D eigenvalue weighted by atomic mass is 16.2. The highest BCUT2D eigenvalue weighted by Gasteiger charge is 2.34. The topological polar surface area (TPSA) is 40.6 Å². The van der Waals surface area contributed by atoms with Crippen molar-refractivity contribution < 1.29 is 9.59 Å². The average Bonchev–Trinajstić information content (AvgIpc) is 2.91. The van der Waals surface area contributed by atoms with E-state index in [9.17, 15) is 9.59 Å². The lowest BCUT2D eigenvalue weighted by Crippen LogP contribution is -2.45. The summed E-state index contributed by atoms with van der Waals surface area (Å²) in [6.07, 6.45) is 0. The van der Waals surface area contributed by atoms with Crippen molar-refractivity contribution in [2.75, 3.05) is 7.05 Å². The van der Waals surface area contributed by atoms with E-state index >= 15 is 0 Å². The van der Waals surface area contributed by atoms with Crippen molar-refractivity contribution in [3.63, 3.8) is 0 Å². The van der Waals surface area contributed by atoms with E-state index in [0.717, 1.165) is 11.1 Å². The van der Waals surface area contributed by atoms with Gasteiger partial charge in [0.15, 0.2) is 0 Å². The number of amides is 2. The third kappa shape index (κ3) is 2.97. The predicted molar refractivity (Wildman–Crippen MR) is 88.7 cm³/mol.